The highest BCUT2D eigenvalue weighted by Gasteiger charge is 2.44. The van der Waals surface area contributed by atoms with Crippen LogP contribution in [-0.4, -0.2) is 174 Å². The quantitative estimate of drug-likeness (QED) is 0.0346. The Balaban J connectivity index is 1.56. The Labute approximate surface area is 294 Å². The van der Waals surface area contributed by atoms with Crippen molar-refractivity contribution in [3.8, 4) is 0 Å². The number of ether oxygens (including phenoxy) is 4. The van der Waals surface area contributed by atoms with Gasteiger partial charge in [0.25, 0.3) is 0 Å². The van der Waals surface area contributed by atoms with Gasteiger partial charge in [-0.3, -0.25) is 4.57 Å². The van der Waals surface area contributed by atoms with Crippen LogP contribution in [0.5, 0.6) is 0 Å². The lowest BCUT2D eigenvalue weighted by molar-refractivity contribution is -0.265. The Morgan fingerprint density at radius 3 is 1.66 bits per heavy atom. The summed E-state index contributed by atoms with van der Waals surface area (Å²) in [4.78, 5) is 19.8. The van der Waals surface area contributed by atoms with E-state index in [0.29, 0.717) is 38.5 Å². The number of nitrogens with two attached hydrogens (primary N) is 2. The maximum absolute atomic E-state index is 12.8. The van der Waals surface area contributed by atoms with Gasteiger partial charge in [-0.05, 0) is 38.5 Å². The van der Waals surface area contributed by atoms with Crippen LogP contribution >= 0.6 is 24.6 Å². The number of aliphatic hydroxyl groups excluding tert-OH is 6. The predicted octanol–water partition coefficient (Wildman–Crippen LogP) is -1.68. The van der Waals surface area contributed by atoms with Gasteiger partial charge in [-0.2, -0.15) is 0 Å². The van der Waals surface area contributed by atoms with E-state index in [1.54, 1.807) is 0 Å². The molecule has 2 aliphatic rings. The van der Waals surface area contributed by atoms with Crippen LogP contribution < -0.4 is 11.5 Å². The molecule has 0 radical (unpaired) electrons. The molecule has 50 heavy (non-hydrogen) atoms. The minimum atomic E-state index is -3.50. The summed E-state index contributed by atoms with van der Waals surface area (Å²) >= 11 is 0. The lowest BCUT2D eigenvalue weighted by Crippen LogP contribution is -2.62. The second-order valence-corrected chi connectivity index (χ2v) is 16.1. The Kier molecular flexibility index (Phi) is 22.9. The van der Waals surface area contributed by atoms with Crippen molar-refractivity contribution in [1.82, 2.24) is 0 Å². The van der Waals surface area contributed by atoms with Crippen molar-refractivity contribution in [2.75, 3.05) is 66.2 Å². The fourth-order valence-corrected chi connectivity index (χ4v) is 6.98. The van der Waals surface area contributed by atoms with Gasteiger partial charge >= 0.3 is 16.2 Å². The molecule has 12 N–H and O–H groups in total. The van der Waals surface area contributed by atoms with E-state index in [0.717, 1.165) is 0 Å². The van der Waals surface area contributed by atoms with Gasteiger partial charge in [-0.15, -0.1) is 0 Å². The monoisotopic (exact) mass is 790 g/mol. The summed E-state index contributed by atoms with van der Waals surface area (Å²) in [7, 11) is -7.61. The fourth-order valence-electron chi connectivity index (χ4n) is 4.81. The molecule has 0 spiro atoms. The number of hydrogen-bond donors (Lipinski definition) is 10. The minimum Gasteiger partial charge on any atom is -0.394 e. The van der Waals surface area contributed by atoms with Gasteiger partial charge in [-0.25, -0.2) is 0 Å². The summed E-state index contributed by atoms with van der Waals surface area (Å²) in [6.07, 6.45) is -6.57. The van der Waals surface area contributed by atoms with E-state index in [1.165, 1.54) is 13.3 Å². The second-order valence-electron chi connectivity index (χ2n) is 11.9. The van der Waals surface area contributed by atoms with Gasteiger partial charge in [0.2, 0.25) is 0 Å². The Morgan fingerprint density at radius 2 is 1.18 bits per heavy atom. The van der Waals surface area contributed by atoms with Crippen LogP contribution in [0.25, 0.3) is 0 Å². The number of unbranched alkanes of at least 4 members (excludes halogenated alkanes) is 4. The van der Waals surface area contributed by atoms with Crippen LogP contribution in [0.15, 0.2) is 0 Å². The standard InChI is InChI=1S/C27H57N2O18P3/c1-48(36)47-17(15-42-49(37)41-11-7-3-5-9-39-26-20(28)24(34)22(32)18(13-30)45-26)16-44-50(2,38)43-12-8-4-6-10-40-27-21(29)25(35)23(33)19(14-31)46-27/h17-27,30-37H,3-16,28-29H2,1-2H3. The third-order valence-electron chi connectivity index (χ3n) is 7.69. The first-order chi connectivity index (χ1) is 23.7. The SMILES string of the molecule is CP(O)OC(COP(O)OCCCCCOC1OC(CO)C(O)C(O)C1N)COP(C)(=O)OCCCCCOC1OC(CO)C(O)C(O)C1N. The largest absolute Gasteiger partial charge is 0.394 e. The van der Waals surface area contributed by atoms with Crippen LogP contribution in [0, 0.1) is 0 Å². The smallest absolute Gasteiger partial charge is 0.329 e. The summed E-state index contributed by atoms with van der Waals surface area (Å²) in [5, 5.41) is 58.2. The van der Waals surface area contributed by atoms with Gasteiger partial charge in [0.15, 0.2) is 21.0 Å². The van der Waals surface area contributed by atoms with Crippen molar-refractivity contribution in [3.63, 3.8) is 0 Å². The molecule has 0 saturated carbocycles. The van der Waals surface area contributed by atoms with Crippen molar-refractivity contribution in [2.45, 2.75) is 106 Å². The average Bonchev–Trinajstić information content (AvgIpc) is 3.08. The van der Waals surface area contributed by atoms with Crippen molar-refractivity contribution in [2.24, 2.45) is 11.5 Å². The van der Waals surface area contributed by atoms with Gasteiger partial charge in [0, 0.05) is 26.5 Å². The van der Waals surface area contributed by atoms with E-state index in [4.69, 9.17) is 53.0 Å². The lowest BCUT2D eigenvalue weighted by atomic mass is 9.98. The predicted molar refractivity (Wildman–Crippen MR) is 177 cm³/mol. The van der Waals surface area contributed by atoms with Gasteiger partial charge < -0.3 is 93.5 Å². The lowest BCUT2D eigenvalue weighted by Gasteiger charge is -2.40. The first kappa shape index (κ1) is 46.5. The van der Waals surface area contributed by atoms with Crippen LogP contribution in [-0.2, 0) is 46.1 Å². The Bertz CT molecular complexity index is 948. The number of hydrogen-bond acceptors (Lipinski definition) is 20. The molecule has 14 atom stereocenters. The fraction of sp³-hybridized carbons (Fsp3) is 1.00. The maximum Gasteiger partial charge on any atom is 0.329 e. The molecule has 2 saturated heterocycles. The number of rotatable bonds is 26. The third kappa shape index (κ3) is 16.8. The van der Waals surface area contributed by atoms with E-state index >= 15 is 0 Å². The molecule has 2 fully saturated rings. The maximum atomic E-state index is 12.8. The summed E-state index contributed by atoms with van der Waals surface area (Å²) in [5.74, 6) is 0. The van der Waals surface area contributed by atoms with Crippen molar-refractivity contribution < 1.29 is 86.6 Å². The van der Waals surface area contributed by atoms with Crippen LogP contribution in [0.4, 0.5) is 0 Å². The molecule has 0 aromatic carbocycles. The van der Waals surface area contributed by atoms with Crippen molar-refractivity contribution >= 4 is 24.6 Å². The molecule has 0 bridgehead atoms. The number of aliphatic hydroxyl groups is 6. The van der Waals surface area contributed by atoms with Crippen molar-refractivity contribution in [1.29, 1.82) is 0 Å². The zero-order valence-corrected chi connectivity index (χ0v) is 31.1. The molecule has 0 aromatic rings. The molecule has 2 heterocycles. The molecule has 0 aliphatic carbocycles. The third-order valence-corrected chi connectivity index (χ3v) is 10.3. The molecule has 20 nitrogen and oxygen atoms in total. The molecule has 298 valence electrons. The van der Waals surface area contributed by atoms with Gasteiger partial charge in [0.05, 0.1) is 51.7 Å². The first-order valence-corrected chi connectivity index (χ1v) is 21.2. The Morgan fingerprint density at radius 1 is 0.700 bits per heavy atom. The molecule has 2 aliphatic heterocycles. The van der Waals surface area contributed by atoms with E-state index < -0.39 is 105 Å². The molecular formula is C27H57N2O18P3. The zero-order chi connectivity index (χ0) is 37.3. The van der Waals surface area contributed by atoms with Crippen LogP contribution in [0.3, 0.4) is 0 Å². The summed E-state index contributed by atoms with van der Waals surface area (Å²) in [6, 6.07) is -1.95. The Hall–Kier alpha value is 0.330. The van der Waals surface area contributed by atoms with E-state index in [9.17, 15) is 45.0 Å². The topological polar surface area (TPSA) is 314 Å². The normalized spacial score (nSPS) is 33.5. The highest BCUT2D eigenvalue weighted by Crippen LogP contribution is 2.45. The first-order valence-electron chi connectivity index (χ1n) is 16.4. The average molecular weight is 791 g/mol. The van der Waals surface area contributed by atoms with E-state index in [1.807, 2.05) is 0 Å². The second kappa shape index (κ2) is 24.7. The molecule has 14 unspecified atom stereocenters. The minimum absolute atomic E-state index is 0.120. The highest BCUT2D eigenvalue weighted by molar-refractivity contribution is 7.53. The highest BCUT2D eigenvalue weighted by atomic mass is 31.2. The molecule has 23 heteroatoms. The summed E-state index contributed by atoms with van der Waals surface area (Å²) < 4.78 is 61.5. The molecule has 0 amide bonds. The van der Waals surface area contributed by atoms with E-state index in [-0.39, 0.29) is 39.6 Å². The van der Waals surface area contributed by atoms with Crippen LogP contribution in [0.2, 0.25) is 0 Å². The van der Waals surface area contributed by atoms with Gasteiger partial charge in [-0.1, -0.05) is 0 Å². The summed E-state index contributed by atoms with van der Waals surface area (Å²) in [5.41, 5.74) is 11.7. The summed E-state index contributed by atoms with van der Waals surface area (Å²) in [6.45, 7) is 2.03. The molecule has 2 rings (SSSR count). The van der Waals surface area contributed by atoms with E-state index in [2.05, 4.69) is 0 Å². The van der Waals surface area contributed by atoms with Gasteiger partial charge in [0.1, 0.15) is 42.7 Å². The van der Waals surface area contributed by atoms with Crippen LogP contribution in [0.1, 0.15) is 38.5 Å². The molecular weight excluding hydrogens is 733 g/mol. The van der Waals surface area contributed by atoms with Crippen molar-refractivity contribution in [3.05, 3.63) is 0 Å². The molecule has 0 aromatic heterocycles. The zero-order valence-electron chi connectivity index (χ0n) is 28.4.